The number of nitrogens with one attached hydrogen (secondary N) is 1. The Bertz CT molecular complexity index is 737. The summed E-state index contributed by atoms with van der Waals surface area (Å²) in [5, 5.41) is 17.9. The summed E-state index contributed by atoms with van der Waals surface area (Å²) in [6, 6.07) is 7.70. The van der Waals surface area contributed by atoms with Crippen LogP contribution < -0.4 is 10.5 Å². The van der Waals surface area contributed by atoms with Crippen LogP contribution in [0.25, 0.3) is 0 Å². The lowest BCUT2D eigenvalue weighted by molar-refractivity contribution is -0.384. The summed E-state index contributed by atoms with van der Waals surface area (Å²) in [6.07, 6.45) is 0. The Hall–Kier alpha value is -2.48. The van der Waals surface area contributed by atoms with Crippen molar-refractivity contribution in [3.8, 4) is 11.5 Å². The van der Waals surface area contributed by atoms with Gasteiger partial charge in [0.1, 0.15) is 11.6 Å². The van der Waals surface area contributed by atoms with E-state index in [2.05, 4.69) is 15.9 Å². The van der Waals surface area contributed by atoms with E-state index >= 15 is 0 Å². The number of nitro groups is 1. The topological polar surface area (TPSA) is 102 Å². The number of nitrogens with zero attached hydrogens (tertiary/aromatic N) is 1. The number of nitro benzene ring substituents is 1. The van der Waals surface area contributed by atoms with Gasteiger partial charge in [-0.2, -0.15) is 0 Å². The zero-order chi connectivity index (χ0) is 15.6. The van der Waals surface area contributed by atoms with Crippen LogP contribution in [0, 0.1) is 21.3 Å². The van der Waals surface area contributed by atoms with E-state index in [0.29, 0.717) is 4.47 Å². The molecule has 0 unspecified atom stereocenters. The normalized spacial score (nSPS) is 10.2. The molecule has 0 aromatic heterocycles. The standard InChI is InChI=1S/C13H9BrFN3O3/c14-9-3-2-8(18(19)20)6-12(9)21-11-4-1-7(13(16)17)5-10(11)15/h1-6H,(H3,16,17). The first-order valence-electron chi connectivity index (χ1n) is 5.64. The molecule has 0 atom stereocenters. The van der Waals surface area contributed by atoms with Crippen LogP contribution in [0.2, 0.25) is 0 Å². The minimum Gasteiger partial charge on any atom is -0.453 e. The number of halogens is 2. The van der Waals surface area contributed by atoms with Crippen LogP contribution in [-0.4, -0.2) is 10.8 Å². The fourth-order valence-corrected chi connectivity index (χ4v) is 1.88. The third-order valence-electron chi connectivity index (χ3n) is 2.59. The summed E-state index contributed by atoms with van der Waals surface area (Å²) in [5.41, 5.74) is 5.30. The van der Waals surface area contributed by atoms with E-state index in [4.69, 9.17) is 15.9 Å². The minimum absolute atomic E-state index is 0.110. The van der Waals surface area contributed by atoms with Gasteiger partial charge in [-0.15, -0.1) is 0 Å². The maximum atomic E-state index is 13.9. The van der Waals surface area contributed by atoms with Crippen LogP contribution in [-0.2, 0) is 0 Å². The van der Waals surface area contributed by atoms with Gasteiger partial charge < -0.3 is 10.5 Å². The van der Waals surface area contributed by atoms with Crippen LogP contribution in [0.4, 0.5) is 10.1 Å². The first-order valence-corrected chi connectivity index (χ1v) is 6.43. The maximum Gasteiger partial charge on any atom is 0.273 e. The number of hydrogen-bond acceptors (Lipinski definition) is 4. The number of ether oxygens (including phenoxy) is 1. The van der Waals surface area contributed by atoms with Gasteiger partial charge in [0, 0.05) is 11.6 Å². The van der Waals surface area contributed by atoms with Crippen molar-refractivity contribution in [2.45, 2.75) is 0 Å². The molecule has 0 spiro atoms. The summed E-state index contributed by atoms with van der Waals surface area (Å²) >= 11 is 3.18. The van der Waals surface area contributed by atoms with E-state index in [0.717, 1.165) is 6.07 Å². The molecule has 21 heavy (non-hydrogen) atoms. The highest BCUT2D eigenvalue weighted by Gasteiger charge is 2.13. The average molecular weight is 354 g/mol. The van der Waals surface area contributed by atoms with Gasteiger partial charge in [-0.05, 0) is 40.2 Å². The predicted molar refractivity (Wildman–Crippen MR) is 78.3 cm³/mol. The van der Waals surface area contributed by atoms with E-state index < -0.39 is 10.7 Å². The molecule has 2 aromatic rings. The quantitative estimate of drug-likeness (QED) is 0.379. The van der Waals surface area contributed by atoms with Crippen molar-refractivity contribution in [2.75, 3.05) is 0 Å². The number of nitrogen functional groups attached to an aromatic ring is 1. The third kappa shape index (κ3) is 3.34. The van der Waals surface area contributed by atoms with E-state index in [1.54, 1.807) is 0 Å². The second-order valence-electron chi connectivity index (χ2n) is 4.03. The largest absolute Gasteiger partial charge is 0.453 e. The number of nitrogens with two attached hydrogens (primary N) is 1. The zero-order valence-electron chi connectivity index (χ0n) is 10.5. The predicted octanol–water partition coefficient (Wildman–Crippen LogP) is 3.57. The molecule has 0 bridgehead atoms. The van der Waals surface area contributed by atoms with Gasteiger partial charge >= 0.3 is 0 Å². The lowest BCUT2D eigenvalue weighted by atomic mass is 10.2. The molecule has 0 aliphatic rings. The molecule has 0 radical (unpaired) electrons. The second kappa shape index (κ2) is 5.88. The summed E-state index contributed by atoms with van der Waals surface area (Å²) in [5.74, 6) is -1.00. The van der Waals surface area contributed by atoms with Gasteiger partial charge in [0.05, 0.1) is 15.5 Å². The van der Waals surface area contributed by atoms with Crippen molar-refractivity contribution in [2.24, 2.45) is 5.73 Å². The summed E-state index contributed by atoms with van der Waals surface area (Å²) in [4.78, 5) is 10.2. The summed E-state index contributed by atoms with van der Waals surface area (Å²) in [6.45, 7) is 0. The number of hydrogen-bond donors (Lipinski definition) is 2. The molecule has 6 nitrogen and oxygen atoms in total. The number of non-ortho nitro benzene ring substituents is 1. The van der Waals surface area contributed by atoms with E-state index in [1.165, 1.54) is 30.3 Å². The molecular weight excluding hydrogens is 345 g/mol. The molecule has 8 heteroatoms. The molecule has 2 rings (SSSR count). The molecule has 0 saturated heterocycles. The smallest absolute Gasteiger partial charge is 0.273 e. The Kier molecular flexibility index (Phi) is 4.18. The fourth-order valence-electron chi connectivity index (χ4n) is 1.55. The number of benzene rings is 2. The highest BCUT2D eigenvalue weighted by atomic mass is 79.9. The van der Waals surface area contributed by atoms with Crippen molar-refractivity contribution in [1.82, 2.24) is 0 Å². The second-order valence-corrected chi connectivity index (χ2v) is 4.89. The average Bonchev–Trinajstić information content (AvgIpc) is 2.42. The highest BCUT2D eigenvalue weighted by Crippen LogP contribution is 2.34. The number of rotatable bonds is 4. The third-order valence-corrected chi connectivity index (χ3v) is 3.24. The molecule has 0 amide bonds. The Balaban J connectivity index is 2.36. The van der Waals surface area contributed by atoms with Gasteiger partial charge in [0.15, 0.2) is 11.6 Å². The van der Waals surface area contributed by atoms with Gasteiger partial charge in [-0.25, -0.2) is 4.39 Å². The molecule has 2 aromatic carbocycles. The van der Waals surface area contributed by atoms with Crippen molar-refractivity contribution in [3.63, 3.8) is 0 Å². The van der Waals surface area contributed by atoms with Crippen LogP contribution in [0.5, 0.6) is 11.5 Å². The van der Waals surface area contributed by atoms with E-state index in [-0.39, 0.29) is 28.6 Å². The van der Waals surface area contributed by atoms with Crippen LogP contribution in [0.3, 0.4) is 0 Å². The van der Waals surface area contributed by atoms with Crippen molar-refractivity contribution in [3.05, 3.63) is 62.4 Å². The van der Waals surface area contributed by atoms with Crippen LogP contribution in [0.15, 0.2) is 40.9 Å². The lowest BCUT2D eigenvalue weighted by Gasteiger charge is -2.09. The van der Waals surface area contributed by atoms with Crippen molar-refractivity contribution >= 4 is 27.5 Å². The van der Waals surface area contributed by atoms with Gasteiger partial charge in [0.25, 0.3) is 5.69 Å². The van der Waals surface area contributed by atoms with Crippen LogP contribution in [0.1, 0.15) is 5.56 Å². The molecule has 0 saturated carbocycles. The van der Waals surface area contributed by atoms with Gasteiger partial charge in [-0.3, -0.25) is 15.5 Å². The van der Waals surface area contributed by atoms with Gasteiger partial charge in [-0.1, -0.05) is 0 Å². The van der Waals surface area contributed by atoms with E-state index in [9.17, 15) is 14.5 Å². The summed E-state index contributed by atoms with van der Waals surface area (Å²) < 4.78 is 19.6. The Morgan fingerprint density at radius 1 is 1.29 bits per heavy atom. The van der Waals surface area contributed by atoms with Crippen molar-refractivity contribution < 1.29 is 14.1 Å². The monoisotopic (exact) mass is 353 g/mol. The van der Waals surface area contributed by atoms with Gasteiger partial charge in [0.2, 0.25) is 0 Å². The first-order chi connectivity index (χ1) is 9.88. The minimum atomic E-state index is -0.721. The number of amidine groups is 1. The molecule has 3 N–H and O–H groups in total. The fraction of sp³-hybridized carbons (Fsp3) is 0. The molecule has 0 aliphatic heterocycles. The zero-order valence-corrected chi connectivity index (χ0v) is 12.1. The Labute approximate surface area is 127 Å². The molecule has 108 valence electrons. The maximum absolute atomic E-state index is 13.9. The molecular formula is C13H9BrFN3O3. The van der Waals surface area contributed by atoms with E-state index in [1.807, 2.05) is 0 Å². The Morgan fingerprint density at radius 3 is 2.57 bits per heavy atom. The molecule has 0 aliphatic carbocycles. The summed E-state index contributed by atoms with van der Waals surface area (Å²) in [7, 11) is 0. The first kappa shape index (κ1) is 14.9. The SMILES string of the molecule is N=C(N)c1ccc(Oc2cc([N+](=O)[O-])ccc2Br)c(F)c1. The Morgan fingerprint density at radius 2 is 2.00 bits per heavy atom. The lowest BCUT2D eigenvalue weighted by Crippen LogP contribution is -2.11. The molecule has 0 heterocycles. The van der Waals surface area contributed by atoms with Crippen molar-refractivity contribution in [1.29, 1.82) is 5.41 Å². The molecule has 0 fully saturated rings. The highest BCUT2D eigenvalue weighted by molar-refractivity contribution is 9.10. The van der Waals surface area contributed by atoms with Crippen LogP contribution >= 0.6 is 15.9 Å².